The van der Waals surface area contributed by atoms with Gasteiger partial charge in [-0.05, 0) is 6.92 Å². The zero-order chi connectivity index (χ0) is 8.69. The average Bonchev–Trinajstić information content (AvgIpc) is 1.97. The van der Waals surface area contributed by atoms with E-state index in [4.69, 9.17) is 5.11 Å². The van der Waals surface area contributed by atoms with Crippen LogP contribution in [-0.2, 0) is 9.59 Å². The number of rotatable bonds is 4. The highest BCUT2D eigenvalue weighted by atomic mass is 16.4. The smallest absolute Gasteiger partial charge is 0.303 e. The Hall–Kier alpha value is -1.41. The van der Waals surface area contributed by atoms with Crippen LogP contribution < -0.4 is 0 Å². The summed E-state index contributed by atoms with van der Waals surface area (Å²) < 4.78 is 0. The van der Waals surface area contributed by atoms with Crippen LogP contribution in [0.2, 0.25) is 0 Å². The average molecular weight is 155 g/mol. The van der Waals surface area contributed by atoms with Gasteiger partial charge < -0.3 is 5.11 Å². The van der Waals surface area contributed by atoms with Gasteiger partial charge in [0.05, 0.1) is 6.42 Å². The second-order valence-corrected chi connectivity index (χ2v) is 1.88. The number of hydrogen-bond donors (Lipinski definition) is 1. The molecule has 0 aliphatic rings. The quantitative estimate of drug-likeness (QED) is 0.488. The lowest BCUT2D eigenvalue weighted by Gasteiger charge is -1.93. The minimum Gasteiger partial charge on any atom is -0.481 e. The van der Waals surface area contributed by atoms with E-state index in [2.05, 4.69) is 4.99 Å². The van der Waals surface area contributed by atoms with E-state index in [0.29, 0.717) is 5.70 Å². The number of carboxylic acid groups (broad SMARTS) is 1. The van der Waals surface area contributed by atoms with Crippen LogP contribution in [0, 0.1) is 0 Å². The summed E-state index contributed by atoms with van der Waals surface area (Å²) in [6, 6.07) is 0. The molecule has 0 rings (SSSR count). The van der Waals surface area contributed by atoms with Crippen molar-refractivity contribution in [2.24, 2.45) is 4.99 Å². The summed E-state index contributed by atoms with van der Waals surface area (Å²) in [5, 5.41) is 8.26. The fraction of sp³-hybridized carbons (Fsp3) is 0.429. The maximum absolute atomic E-state index is 10.1. The van der Waals surface area contributed by atoms with E-state index >= 15 is 0 Å². The molecule has 0 aliphatic carbocycles. The number of aliphatic carboxylic acids is 1. The molecular weight excluding hydrogens is 146 g/mol. The van der Waals surface area contributed by atoms with Crippen LogP contribution in [0.25, 0.3) is 0 Å². The molecular formula is C7H9NO3. The van der Waals surface area contributed by atoms with Crippen LogP contribution >= 0.6 is 0 Å². The maximum atomic E-state index is 10.1. The SMILES string of the molecule is CC=C(CCC(=O)O)N=C=O. The lowest BCUT2D eigenvalue weighted by atomic mass is 10.2. The van der Waals surface area contributed by atoms with Crippen LogP contribution in [0.4, 0.5) is 0 Å². The van der Waals surface area contributed by atoms with Crippen molar-refractivity contribution in [1.82, 2.24) is 0 Å². The van der Waals surface area contributed by atoms with Crippen molar-refractivity contribution in [3.8, 4) is 0 Å². The Bertz CT molecular complexity index is 214. The number of isocyanates is 1. The van der Waals surface area contributed by atoms with Gasteiger partial charge >= 0.3 is 5.97 Å². The Balaban J connectivity index is 3.91. The highest BCUT2D eigenvalue weighted by Crippen LogP contribution is 2.04. The molecule has 0 heterocycles. The summed E-state index contributed by atoms with van der Waals surface area (Å²) in [6.45, 7) is 1.69. The van der Waals surface area contributed by atoms with Gasteiger partial charge in [0, 0.05) is 12.1 Å². The number of allylic oxidation sites excluding steroid dienone is 2. The van der Waals surface area contributed by atoms with Crippen molar-refractivity contribution >= 4 is 12.0 Å². The molecule has 0 spiro atoms. The van der Waals surface area contributed by atoms with Crippen molar-refractivity contribution < 1.29 is 14.7 Å². The van der Waals surface area contributed by atoms with E-state index in [1.165, 1.54) is 6.08 Å². The molecule has 0 bridgehead atoms. The standard InChI is InChI=1S/C7H9NO3/c1-2-6(8-5-9)3-4-7(10)11/h2H,3-4H2,1H3,(H,10,11). The van der Waals surface area contributed by atoms with E-state index in [0.717, 1.165) is 0 Å². The lowest BCUT2D eigenvalue weighted by molar-refractivity contribution is -0.136. The number of carboxylic acids is 1. The van der Waals surface area contributed by atoms with E-state index in [-0.39, 0.29) is 12.8 Å². The van der Waals surface area contributed by atoms with Crippen molar-refractivity contribution in [3.05, 3.63) is 11.8 Å². The molecule has 0 fully saturated rings. The first-order valence-electron chi connectivity index (χ1n) is 3.15. The molecule has 11 heavy (non-hydrogen) atoms. The molecule has 4 nitrogen and oxygen atoms in total. The van der Waals surface area contributed by atoms with Gasteiger partial charge in [-0.3, -0.25) is 4.79 Å². The van der Waals surface area contributed by atoms with Crippen LogP contribution in [-0.4, -0.2) is 17.2 Å². The van der Waals surface area contributed by atoms with Gasteiger partial charge in [-0.25, -0.2) is 4.79 Å². The molecule has 0 unspecified atom stereocenters. The summed E-state index contributed by atoms with van der Waals surface area (Å²) in [5.41, 5.74) is 0.461. The molecule has 0 atom stereocenters. The van der Waals surface area contributed by atoms with E-state index in [9.17, 15) is 9.59 Å². The number of nitrogens with zero attached hydrogens (tertiary/aromatic N) is 1. The maximum Gasteiger partial charge on any atom is 0.303 e. The Kier molecular flexibility index (Phi) is 4.69. The molecule has 0 aromatic rings. The number of hydrogen-bond acceptors (Lipinski definition) is 3. The molecule has 0 aromatic heterocycles. The molecule has 0 saturated heterocycles. The van der Waals surface area contributed by atoms with Crippen molar-refractivity contribution in [3.63, 3.8) is 0 Å². The van der Waals surface area contributed by atoms with Gasteiger partial charge in [0.2, 0.25) is 6.08 Å². The van der Waals surface area contributed by atoms with E-state index in [1.54, 1.807) is 13.0 Å². The Morgan fingerprint density at radius 2 is 2.27 bits per heavy atom. The Morgan fingerprint density at radius 3 is 2.64 bits per heavy atom. The van der Waals surface area contributed by atoms with Crippen molar-refractivity contribution in [1.29, 1.82) is 0 Å². The van der Waals surface area contributed by atoms with Gasteiger partial charge in [-0.15, -0.1) is 0 Å². The molecule has 4 heteroatoms. The number of carbonyl (C=O) groups excluding carboxylic acids is 1. The first kappa shape index (κ1) is 9.59. The zero-order valence-electron chi connectivity index (χ0n) is 6.20. The first-order chi connectivity index (χ1) is 5.20. The number of aliphatic imine (C=N–C) groups is 1. The molecule has 0 aromatic carbocycles. The largest absolute Gasteiger partial charge is 0.481 e. The van der Waals surface area contributed by atoms with E-state index < -0.39 is 5.97 Å². The van der Waals surface area contributed by atoms with Gasteiger partial charge in [0.1, 0.15) is 0 Å². The van der Waals surface area contributed by atoms with Gasteiger partial charge in [-0.1, -0.05) is 6.08 Å². The lowest BCUT2D eigenvalue weighted by Crippen LogP contribution is -1.94. The highest BCUT2D eigenvalue weighted by Gasteiger charge is 1.98. The summed E-state index contributed by atoms with van der Waals surface area (Å²) in [5.74, 6) is -0.898. The topological polar surface area (TPSA) is 66.7 Å². The van der Waals surface area contributed by atoms with E-state index in [1.807, 2.05) is 0 Å². The monoisotopic (exact) mass is 155 g/mol. The fourth-order valence-electron chi connectivity index (χ4n) is 0.558. The summed E-state index contributed by atoms with van der Waals surface area (Å²) >= 11 is 0. The Morgan fingerprint density at radius 1 is 1.64 bits per heavy atom. The van der Waals surface area contributed by atoms with Crippen LogP contribution in [0.15, 0.2) is 16.8 Å². The van der Waals surface area contributed by atoms with Gasteiger partial charge in [0.15, 0.2) is 0 Å². The second kappa shape index (κ2) is 5.38. The van der Waals surface area contributed by atoms with Crippen LogP contribution in [0.1, 0.15) is 19.8 Å². The summed E-state index contributed by atoms with van der Waals surface area (Å²) in [4.78, 5) is 23.1. The minimum atomic E-state index is -0.898. The molecule has 60 valence electrons. The zero-order valence-corrected chi connectivity index (χ0v) is 6.20. The molecule has 0 amide bonds. The second-order valence-electron chi connectivity index (χ2n) is 1.88. The van der Waals surface area contributed by atoms with Crippen LogP contribution in [0.5, 0.6) is 0 Å². The van der Waals surface area contributed by atoms with Crippen molar-refractivity contribution in [2.45, 2.75) is 19.8 Å². The molecule has 1 N–H and O–H groups in total. The summed E-state index contributed by atoms with van der Waals surface area (Å²) in [6.07, 6.45) is 3.22. The van der Waals surface area contributed by atoms with Gasteiger partial charge in [-0.2, -0.15) is 4.99 Å². The molecule has 0 saturated carbocycles. The molecule has 0 radical (unpaired) electrons. The third-order valence-electron chi connectivity index (χ3n) is 1.12. The van der Waals surface area contributed by atoms with Crippen molar-refractivity contribution in [2.75, 3.05) is 0 Å². The summed E-state index contributed by atoms with van der Waals surface area (Å²) in [7, 11) is 0. The third-order valence-corrected chi connectivity index (χ3v) is 1.12. The van der Waals surface area contributed by atoms with Gasteiger partial charge in [0.25, 0.3) is 0 Å². The Labute approximate surface area is 64.3 Å². The number of carbonyl (C=O) groups is 1. The third kappa shape index (κ3) is 5.06. The normalized spacial score (nSPS) is 10.5. The first-order valence-corrected chi connectivity index (χ1v) is 3.15. The highest BCUT2D eigenvalue weighted by molar-refractivity contribution is 5.67. The van der Waals surface area contributed by atoms with Crippen LogP contribution in [0.3, 0.4) is 0 Å². The predicted octanol–water partition coefficient (Wildman–Crippen LogP) is 1.09. The molecule has 0 aliphatic heterocycles. The fourth-order valence-corrected chi connectivity index (χ4v) is 0.558. The minimum absolute atomic E-state index is 0.00907. The predicted molar refractivity (Wildman–Crippen MR) is 38.7 cm³/mol.